The minimum atomic E-state index is -5.83. The molecule has 2 unspecified atom stereocenters. The van der Waals surface area contributed by atoms with Crippen molar-refractivity contribution >= 4 is 12.0 Å². The number of benzene rings is 2. The zero-order valence-electron chi connectivity index (χ0n) is 26.8. The number of carbonyl (C=O) groups is 1. The Morgan fingerprint density at radius 2 is 1.21 bits per heavy atom. The lowest BCUT2D eigenvalue weighted by Crippen LogP contribution is -2.53. The first-order valence-electron chi connectivity index (χ1n) is 14.3. The molecule has 248 valence electrons. The molecular weight excluding hydrogens is 570 g/mol. The lowest BCUT2D eigenvalue weighted by molar-refractivity contribution is -0.376. The van der Waals surface area contributed by atoms with Crippen molar-refractivity contribution in [1.82, 2.24) is 5.32 Å². The number of nitrogen functional groups attached to an aromatic ring is 1. The SMILES string of the molecule is C=C.CC(C)C=O.CC(C)c1ccccc1N.CC1CCC(C)N1.CCC.OC(c1ccccc1)(C(F)(F)F)C(F)(F)F. The van der Waals surface area contributed by atoms with Crippen molar-refractivity contribution in [3.05, 3.63) is 78.9 Å². The van der Waals surface area contributed by atoms with Gasteiger partial charge in [-0.05, 0) is 44.2 Å². The summed E-state index contributed by atoms with van der Waals surface area (Å²) >= 11 is 0. The molecule has 0 spiro atoms. The molecule has 0 aromatic heterocycles. The van der Waals surface area contributed by atoms with E-state index in [-0.39, 0.29) is 5.92 Å². The molecule has 3 rings (SSSR count). The van der Waals surface area contributed by atoms with E-state index in [1.807, 2.05) is 32.0 Å². The maximum absolute atomic E-state index is 12.3. The van der Waals surface area contributed by atoms with E-state index in [9.17, 15) is 31.1 Å². The average Bonchev–Trinajstić information content (AvgIpc) is 3.32. The molecular formula is C33H52F6N2O2. The Morgan fingerprint density at radius 3 is 1.44 bits per heavy atom. The van der Waals surface area contributed by atoms with E-state index in [0.29, 0.717) is 18.1 Å². The predicted octanol–water partition coefficient (Wildman–Crippen LogP) is 9.60. The molecule has 0 radical (unpaired) electrons. The molecule has 1 saturated heterocycles. The predicted molar refractivity (Wildman–Crippen MR) is 167 cm³/mol. The van der Waals surface area contributed by atoms with Gasteiger partial charge in [-0.1, -0.05) is 96.5 Å². The first-order chi connectivity index (χ1) is 19.8. The van der Waals surface area contributed by atoms with Crippen LogP contribution in [-0.2, 0) is 10.4 Å². The van der Waals surface area contributed by atoms with Crippen molar-refractivity contribution in [2.45, 2.75) is 111 Å². The Kier molecular flexibility index (Phi) is 23.5. The van der Waals surface area contributed by atoms with Crippen LogP contribution in [0.3, 0.4) is 0 Å². The molecule has 2 aromatic rings. The van der Waals surface area contributed by atoms with E-state index >= 15 is 0 Å². The maximum atomic E-state index is 12.3. The number of para-hydroxylation sites is 1. The monoisotopic (exact) mass is 622 g/mol. The second-order valence-corrected chi connectivity index (χ2v) is 10.5. The number of nitrogens with one attached hydrogen (secondary N) is 1. The highest BCUT2D eigenvalue weighted by atomic mass is 19.4. The second-order valence-electron chi connectivity index (χ2n) is 10.5. The Balaban J connectivity index is -0.000000508. The van der Waals surface area contributed by atoms with Crippen molar-refractivity contribution < 1.29 is 36.2 Å². The molecule has 0 aliphatic carbocycles. The maximum Gasteiger partial charge on any atom is 0.430 e. The van der Waals surface area contributed by atoms with E-state index in [4.69, 9.17) is 10.8 Å². The van der Waals surface area contributed by atoms with Gasteiger partial charge in [0.15, 0.2) is 0 Å². The molecule has 2 aromatic carbocycles. The second kappa shape index (κ2) is 22.7. The lowest BCUT2D eigenvalue weighted by atomic mass is 9.92. The molecule has 1 fully saturated rings. The van der Waals surface area contributed by atoms with E-state index < -0.39 is 23.5 Å². The van der Waals surface area contributed by atoms with Gasteiger partial charge in [0.25, 0.3) is 5.60 Å². The van der Waals surface area contributed by atoms with E-state index in [0.717, 1.165) is 36.2 Å². The van der Waals surface area contributed by atoms with Gasteiger partial charge in [-0.25, -0.2) is 0 Å². The standard InChI is InChI=1S/C9H6F6O.C9H13N.C6H13N.C4H8O.C3H8.C2H4/c10-8(11,12)7(16,9(13,14)15)6-4-2-1-3-5-6;1-7(2)8-5-3-4-6-9(8)10;1-5-3-4-6(2)7-5;1-4(2)3-5;1-3-2;1-2/h1-5,16H;3-7H,10H2,1-2H3;5-7H,3-4H2,1-2H3;3-4H,1-2H3;3H2,1-2H3;1-2H2. The summed E-state index contributed by atoms with van der Waals surface area (Å²) in [7, 11) is 0. The quantitative estimate of drug-likeness (QED) is 0.138. The van der Waals surface area contributed by atoms with Gasteiger partial charge >= 0.3 is 12.4 Å². The van der Waals surface area contributed by atoms with Crippen LogP contribution in [0.15, 0.2) is 67.8 Å². The highest BCUT2D eigenvalue weighted by Gasteiger charge is 2.71. The van der Waals surface area contributed by atoms with Gasteiger partial charge < -0.3 is 21.0 Å². The number of rotatable bonds is 3. The van der Waals surface area contributed by atoms with E-state index in [1.54, 1.807) is 0 Å². The van der Waals surface area contributed by atoms with Crippen molar-refractivity contribution in [1.29, 1.82) is 0 Å². The Hall–Kier alpha value is -2.85. The normalized spacial score (nSPS) is 15.9. The largest absolute Gasteiger partial charge is 0.430 e. The number of carbonyl (C=O) groups excluding carboxylic acids is 1. The highest BCUT2D eigenvalue weighted by Crippen LogP contribution is 2.49. The van der Waals surface area contributed by atoms with Gasteiger partial charge in [0, 0.05) is 29.3 Å². The summed E-state index contributed by atoms with van der Waals surface area (Å²) in [5.41, 5.74) is 1.77. The van der Waals surface area contributed by atoms with Gasteiger partial charge in [-0.2, -0.15) is 26.3 Å². The molecule has 0 saturated carbocycles. The molecule has 1 aliphatic rings. The number of nitrogens with two attached hydrogens (primary N) is 1. The Labute approximate surface area is 254 Å². The van der Waals surface area contributed by atoms with Crippen LogP contribution in [0.1, 0.15) is 91.7 Å². The first kappa shape index (κ1) is 44.6. The summed E-state index contributed by atoms with van der Waals surface area (Å²) in [6.07, 6.45) is -6.76. The number of aldehydes is 1. The zero-order valence-corrected chi connectivity index (χ0v) is 26.8. The summed E-state index contributed by atoms with van der Waals surface area (Å²) in [6, 6.07) is 13.9. The summed E-state index contributed by atoms with van der Waals surface area (Å²) in [5, 5.41) is 12.3. The zero-order chi connectivity index (χ0) is 34.4. The Morgan fingerprint density at radius 1 is 0.860 bits per heavy atom. The molecule has 4 nitrogen and oxygen atoms in total. The van der Waals surface area contributed by atoms with Gasteiger partial charge in [0.1, 0.15) is 6.29 Å². The number of aliphatic hydroxyl groups is 1. The minimum absolute atomic E-state index is 0.204. The fourth-order valence-electron chi connectivity index (χ4n) is 3.36. The number of hydrogen-bond acceptors (Lipinski definition) is 4. The lowest BCUT2D eigenvalue weighted by Gasteiger charge is -2.32. The molecule has 0 bridgehead atoms. The first-order valence-corrected chi connectivity index (χ1v) is 14.3. The van der Waals surface area contributed by atoms with Crippen LogP contribution >= 0.6 is 0 Å². The molecule has 4 N–H and O–H groups in total. The minimum Gasteiger partial charge on any atom is -0.398 e. The van der Waals surface area contributed by atoms with Crippen LogP contribution in [0.2, 0.25) is 0 Å². The molecule has 10 heteroatoms. The molecule has 2 atom stereocenters. The van der Waals surface area contributed by atoms with Crippen molar-refractivity contribution in [3.8, 4) is 0 Å². The van der Waals surface area contributed by atoms with Gasteiger partial charge in [0.05, 0.1) is 0 Å². The van der Waals surface area contributed by atoms with Crippen LogP contribution in [0.5, 0.6) is 0 Å². The number of hydrogen-bond donors (Lipinski definition) is 3. The van der Waals surface area contributed by atoms with E-state index in [2.05, 4.69) is 66.1 Å². The molecule has 43 heavy (non-hydrogen) atoms. The van der Waals surface area contributed by atoms with Crippen LogP contribution in [0.25, 0.3) is 0 Å². The van der Waals surface area contributed by atoms with Crippen LogP contribution in [-0.4, -0.2) is 35.8 Å². The fourth-order valence-corrected chi connectivity index (χ4v) is 3.36. The third-order valence-corrected chi connectivity index (χ3v) is 5.50. The smallest absolute Gasteiger partial charge is 0.398 e. The summed E-state index contributed by atoms with van der Waals surface area (Å²) in [6.45, 7) is 22.7. The summed E-state index contributed by atoms with van der Waals surface area (Å²) < 4.78 is 73.9. The topological polar surface area (TPSA) is 75.4 Å². The molecule has 1 heterocycles. The van der Waals surface area contributed by atoms with Crippen molar-refractivity contribution in [3.63, 3.8) is 0 Å². The molecule has 1 aliphatic heterocycles. The van der Waals surface area contributed by atoms with Crippen molar-refractivity contribution in [2.75, 3.05) is 5.73 Å². The fraction of sp³-hybridized carbons (Fsp3) is 0.545. The number of anilines is 1. The van der Waals surface area contributed by atoms with Crippen LogP contribution in [0, 0.1) is 5.92 Å². The number of alkyl halides is 6. The number of halogens is 6. The third-order valence-electron chi connectivity index (χ3n) is 5.50. The van der Waals surface area contributed by atoms with Crippen LogP contribution < -0.4 is 11.1 Å². The summed E-state index contributed by atoms with van der Waals surface area (Å²) in [5.74, 6) is 0.733. The Bertz CT molecular complexity index is 942. The van der Waals surface area contributed by atoms with E-state index in [1.165, 1.54) is 30.9 Å². The van der Waals surface area contributed by atoms with Gasteiger partial charge in [-0.3, -0.25) is 0 Å². The van der Waals surface area contributed by atoms with Gasteiger partial charge in [0.2, 0.25) is 0 Å². The van der Waals surface area contributed by atoms with Crippen molar-refractivity contribution in [2.24, 2.45) is 5.92 Å². The molecule has 0 amide bonds. The third kappa shape index (κ3) is 17.8. The highest BCUT2D eigenvalue weighted by molar-refractivity contribution is 5.51. The van der Waals surface area contributed by atoms with Crippen LogP contribution in [0.4, 0.5) is 32.0 Å². The summed E-state index contributed by atoms with van der Waals surface area (Å²) in [4.78, 5) is 9.50. The van der Waals surface area contributed by atoms with Gasteiger partial charge in [-0.15, -0.1) is 13.2 Å². The average molecular weight is 623 g/mol.